The summed E-state index contributed by atoms with van der Waals surface area (Å²) >= 11 is 0. The number of fused-ring (bicyclic) bond motifs is 1. The fourth-order valence-electron chi connectivity index (χ4n) is 3.07. The van der Waals surface area contributed by atoms with Crippen molar-refractivity contribution in [2.24, 2.45) is 0 Å². The lowest BCUT2D eigenvalue weighted by Crippen LogP contribution is -2.28. The maximum absolute atomic E-state index is 12.6. The summed E-state index contributed by atoms with van der Waals surface area (Å²) in [6, 6.07) is 5.51. The van der Waals surface area contributed by atoms with Crippen molar-refractivity contribution in [1.29, 1.82) is 0 Å². The van der Waals surface area contributed by atoms with Crippen molar-refractivity contribution in [2.45, 2.75) is 13.0 Å². The van der Waals surface area contributed by atoms with Crippen molar-refractivity contribution in [2.75, 3.05) is 25.7 Å². The van der Waals surface area contributed by atoms with Crippen LogP contribution in [0, 0.1) is 0 Å². The van der Waals surface area contributed by atoms with E-state index in [2.05, 4.69) is 9.97 Å². The largest absolute Gasteiger partial charge is 0.506 e. The van der Waals surface area contributed by atoms with Crippen LogP contribution in [0.3, 0.4) is 0 Å². The smallest absolute Gasteiger partial charge is 0.328 e. The average molecular weight is 407 g/mol. The Kier molecular flexibility index (Phi) is 5.32. The summed E-state index contributed by atoms with van der Waals surface area (Å²) in [7, 11) is -1.95. The van der Waals surface area contributed by atoms with E-state index in [0.717, 1.165) is 6.26 Å². The number of H-pyrrole nitrogens is 1. The molecule has 1 aromatic carbocycles. The van der Waals surface area contributed by atoms with E-state index < -0.39 is 21.6 Å². The van der Waals surface area contributed by atoms with Crippen molar-refractivity contribution in [3.05, 3.63) is 46.5 Å². The predicted molar refractivity (Wildman–Crippen MR) is 104 cm³/mol. The van der Waals surface area contributed by atoms with Gasteiger partial charge in [0, 0.05) is 12.3 Å². The summed E-state index contributed by atoms with van der Waals surface area (Å²) < 4.78 is 36.3. The second kappa shape index (κ2) is 7.55. The summed E-state index contributed by atoms with van der Waals surface area (Å²) in [5.41, 5.74) is 0.565. The number of imidazole rings is 1. The molecule has 0 aliphatic rings. The maximum atomic E-state index is 12.6. The zero-order chi connectivity index (χ0) is 20.5. The van der Waals surface area contributed by atoms with E-state index >= 15 is 0 Å². The second-order valence-electron chi connectivity index (χ2n) is 6.32. The second-order valence-corrected chi connectivity index (χ2v) is 8.50. The molecule has 0 spiro atoms. The first kappa shape index (κ1) is 19.7. The van der Waals surface area contributed by atoms with Gasteiger partial charge in [0.1, 0.15) is 15.6 Å². The van der Waals surface area contributed by atoms with Gasteiger partial charge in [0.05, 0.1) is 37.2 Å². The Hall–Kier alpha value is -3.01. The lowest BCUT2D eigenvalue weighted by molar-refractivity contribution is 0.310. The van der Waals surface area contributed by atoms with Gasteiger partial charge in [-0.15, -0.1) is 0 Å². The molecule has 2 N–H and O–H groups in total. The van der Waals surface area contributed by atoms with Gasteiger partial charge in [-0.1, -0.05) is 6.07 Å². The summed E-state index contributed by atoms with van der Waals surface area (Å²) in [5, 5.41) is 9.61. The Bertz CT molecular complexity index is 1170. The Morgan fingerprint density at radius 2 is 2.04 bits per heavy atom. The summed E-state index contributed by atoms with van der Waals surface area (Å²) in [6.45, 7) is 2.21. The number of aromatic amines is 1. The molecule has 28 heavy (non-hydrogen) atoms. The lowest BCUT2D eigenvalue weighted by atomic mass is 10.1. The van der Waals surface area contributed by atoms with Gasteiger partial charge in [-0.2, -0.15) is 0 Å². The summed E-state index contributed by atoms with van der Waals surface area (Å²) in [6.07, 6.45) is 2.30. The van der Waals surface area contributed by atoms with Crippen LogP contribution in [0.1, 0.15) is 18.5 Å². The molecule has 3 aromatic rings. The molecule has 0 bridgehead atoms. The standard InChI is InChI=1S/C18H21N3O6S/c1-4-27-16-7-11(5-6-15(16)26-2)14(10-28(3,24)25)21-17-13(20-18(21)23)8-12(22)9-19-17/h5-9,14,22H,4,10H2,1-3H3,(H,20,23). The molecular weight excluding hydrogens is 386 g/mol. The van der Waals surface area contributed by atoms with Gasteiger partial charge in [-0.05, 0) is 24.6 Å². The van der Waals surface area contributed by atoms with Crippen LogP contribution in [0.4, 0.5) is 0 Å². The van der Waals surface area contributed by atoms with Crippen LogP contribution in [0.2, 0.25) is 0 Å². The number of methoxy groups -OCH3 is 1. The highest BCUT2D eigenvalue weighted by Gasteiger charge is 2.25. The van der Waals surface area contributed by atoms with Gasteiger partial charge < -0.3 is 19.6 Å². The van der Waals surface area contributed by atoms with Crippen LogP contribution < -0.4 is 15.2 Å². The Labute approximate surface area is 161 Å². The number of nitrogens with zero attached hydrogens (tertiary/aromatic N) is 2. The number of nitrogens with one attached hydrogen (secondary N) is 1. The monoisotopic (exact) mass is 407 g/mol. The number of aromatic nitrogens is 3. The van der Waals surface area contributed by atoms with Crippen molar-refractivity contribution < 1.29 is 23.0 Å². The maximum Gasteiger partial charge on any atom is 0.328 e. The van der Waals surface area contributed by atoms with Crippen LogP contribution in [0.15, 0.2) is 35.3 Å². The van der Waals surface area contributed by atoms with Gasteiger partial charge in [-0.3, -0.25) is 4.57 Å². The Morgan fingerprint density at radius 1 is 1.29 bits per heavy atom. The van der Waals surface area contributed by atoms with Crippen molar-refractivity contribution in [3.63, 3.8) is 0 Å². The zero-order valence-corrected chi connectivity index (χ0v) is 16.5. The minimum absolute atomic E-state index is 0.108. The molecule has 0 saturated heterocycles. The third kappa shape index (κ3) is 3.96. The lowest BCUT2D eigenvalue weighted by Gasteiger charge is -2.20. The van der Waals surface area contributed by atoms with E-state index in [-0.39, 0.29) is 17.1 Å². The van der Waals surface area contributed by atoms with Gasteiger partial charge in [0.25, 0.3) is 0 Å². The number of pyridine rings is 1. The van der Waals surface area contributed by atoms with Crippen LogP contribution >= 0.6 is 0 Å². The van der Waals surface area contributed by atoms with Crippen molar-refractivity contribution >= 4 is 21.0 Å². The highest BCUT2D eigenvalue weighted by molar-refractivity contribution is 7.90. The van der Waals surface area contributed by atoms with Gasteiger partial charge in [-0.25, -0.2) is 18.2 Å². The fourth-order valence-corrected chi connectivity index (χ4v) is 3.98. The van der Waals surface area contributed by atoms with Crippen molar-refractivity contribution in [3.8, 4) is 17.2 Å². The van der Waals surface area contributed by atoms with E-state index in [4.69, 9.17) is 9.47 Å². The highest BCUT2D eigenvalue weighted by Crippen LogP contribution is 2.32. The first-order valence-corrected chi connectivity index (χ1v) is 10.6. The quantitative estimate of drug-likeness (QED) is 0.608. The van der Waals surface area contributed by atoms with E-state index in [1.54, 1.807) is 18.2 Å². The molecule has 0 fully saturated rings. The topological polar surface area (TPSA) is 124 Å². The first-order valence-electron chi connectivity index (χ1n) is 8.51. The van der Waals surface area contributed by atoms with Gasteiger partial charge >= 0.3 is 5.69 Å². The molecule has 0 radical (unpaired) electrons. The van der Waals surface area contributed by atoms with E-state index in [1.807, 2.05) is 6.92 Å². The molecule has 0 aliphatic heterocycles. The minimum Gasteiger partial charge on any atom is -0.506 e. The number of ether oxygens (including phenoxy) is 2. The number of hydrogen-bond donors (Lipinski definition) is 2. The molecule has 0 amide bonds. The SMILES string of the molecule is CCOc1cc(C(CS(C)(=O)=O)n2c(=O)[nH]c3cc(O)cnc32)ccc1OC. The number of hydrogen-bond acceptors (Lipinski definition) is 7. The number of aromatic hydroxyl groups is 1. The molecule has 9 nitrogen and oxygen atoms in total. The van der Waals surface area contributed by atoms with Crippen molar-refractivity contribution in [1.82, 2.24) is 14.5 Å². The molecular formula is C18H21N3O6S. The third-order valence-corrected chi connectivity index (χ3v) is 5.11. The Balaban J connectivity index is 2.23. The van der Waals surface area contributed by atoms with Crippen LogP contribution in [0.5, 0.6) is 17.2 Å². The average Bonchev–Trinajstić information content (AvgIpc) is 2.94. The number of benzene rings is 1. The van der Waals surface area contributed by atoms with Gasteiger partial charge in [0.15, 0.2) is 17.1 Å². The van der Waals surface area contributed by atoms with Crippen LogP contribution in [0.25, 0.3) is 11.2 Å². The molecule has 0 saturated carbocycles. The fraction of sp³-hybridized carbons (Fsp3) is 0.333. The van der Waals surface area contributed by atoms with Crippen LogP contribution in [-0.4, -0.2) is 53.8 Å². The number of sulfone groups is 1. The highest BCUT2D eigenvalue weighted by atomic mass is 32.2. The summed E-state index contributed by atoms with van der Waals surface area (Å²) in [4.78, 5) is 19.3. The van der Waals surface area contributed by atoms with E-state index in [0.29, 0.717) is 29.2 Å². The van der Waals surface area contributed by atoms with E-state index in [9.17, 15) is 18.3 Å². The van der Waals surface area contributed by atoms with E-state index in [1.165, 1.54) is 23.9 Å². The molecule has 150 valence electrons. The normalized spacial score (nSPS) is 12.8. The number of rotatable bonds is 7. The van der Waals surface area contributed by atoms with Crippen LogP contribution in [-0.2, 0) is 9.84 Å². The zero-order valence-electron chi connectivity index (χ0n) is 15.7. The van der Waals surface area contributed by atoms with Gasteiger partial charge in [0.2, 0.25) is 0 Å². The molecule has 3 rings (SSSR count). The third-order valence-electron chi connectivity index (χ3n) is 4.19. The molecule has 0 aliphatic carbocycles. The molecule has 2 aromatic heterocycles. The first-order chi connectivity index (χ1) is 13.2. The minimum atomic E-state index is -3.45. The molecule has 1 atom stereocenters. The predicted octanol–water partition coefficient (Wildman–Crippen LogP) is 1.47. The Morgan fingerprint density at radius 3 is 2.68 bits per heavy atom. The molecule has 2 heterocycles. The summed E-state index contributed by atoms with van der Waals surface area (Å²) in [5.74, 6) is 0.515. The molecule has 1 unspecified atom stereocenters. The molecule has 10 heteroatoms.